The Labute approximate surface area is 145 Å². The van der Waals surface area contributed by atoms with Gasteiger partial charge in [-0.05, 0) is 25.5 Å². The van der Waals surface area contributed by atoms with Crippen LogP contribution >= 0.6 is 11.3 Å². The fourth-order valence-electron chi connectivity index (χ4n) is 2.67. The molecule has 0 aromatic carbocycles. The van der Waals surface area contributed by atoms with Gasteiger partial charge in [-0.3, -0.25) is 9.78 Å². The zero-order valence-electron chi connectivity index (χ0n) is 14.0. The quantitative estimate of drug-likeness (QED) is 0.901. The number of carbonyl (C=O) groups excluding carboxylic acids is 1. The van der Waals surface area contributed by atoms with Crippen molar-refractivity contribution in [3.05, 3.63) is 40.6 Å². The molecule has 128 valence electrons. The van der Waals surface area contributed by atoms with Gasteiger partial charge in [0.25, 0.3) is 5.91 Å². The van der Waals surface area contributed by atoms with Crippen molar-refractivity contribution >= 4 is 22.9 Å². The van der Waals surface area contributed by atoms with E-state index in [1.165, 1.54) is 0 Å². The minimum atomic E-state index is -0.484. The molecule has 0 bridgehead atoms. The zero-order chi connectivity index (χ0) is 17.0. The van der Waals surface area contributed by atoms with Gasteiger partial charge in [-0.15, -0.1) is 11.3 Å². The number of nitrogens with zero attached hydrogens (tertiary/aromatic N) is 3. The number of aromatic nitrogens is 2. The molecule has 3 heterocycles. The van der Waals surface area contributed by atoms with Gasteiger partial charge in [-0.2, -0.15) is 0 Å². The molecule has 1 atom stereocenters. The molecule has 2 aromatic heterocycles. The summed E-state index contributed by atoms with van der Waals surface area (Å²) in [4.78, 5) is 23.5. The highest BCUT2D eigenvalue weighted by atomic mass is 32.1. The number of amides is 1. The van der Waals surface area contributed by atoms with E-state index >= 15 is 0 Å². The van der Waals surface area contributed by atoms with Gasteiger partial charge in [0.1, 0.15) is 10.7 Å². The monoisotopic (exact) mass is 346 g/mol. The van der Waals surface area contributed by atoms with E-state index in [1.807, 2.05) is 31.4 Å². The maximum atomic E-state index is 12.7. The lowest BCUT2D eigenvalue weighted by atomic mass is 9.99. The number of hydrogen-bond acceptors (Lipinski definition) is 6. The molecule has 1 fully saturated rings. The van der Waals surface area contributed by atoms with Crippen molar-refractivity contribution in [1.82, 2.24) is 15.3 Å². The number of pyridine rings is 1. The number of hydrogen-bond donors (Lipinski definition) is 1. The Kier molecular flexibility index (Phi) is 5.11. The van der Waals surface area contributed by atoms with Gasteiger partial charge in [0.15, 0.2) is 0 Å². The molecule has 1 aliphatic rings. The summed E-state index contributed by atoms with van der Waals surface area (Å²) in [5.74, 6) is -0.176. The van der Waals surface area contributed by atoms with Gasteiger partial charge in [0, 0.05) is 36.6 Å². The third-order valence-electron chi connectivity index (χ3n) is 4.35. The summed E-state index contributed by atoms with van der Waals surface area (Å²) in [5, 5.41) is 5.92. The van der Waals surface area contributed by atoms with Crippen LogP contribution in [-0.4, -0.2) is 42.2 Å². The van der Waals surface area contributed by atoms with E-state index in [0.29, 0.717) is 18.9 Å². The number of rotatable bonds is 5. The van der Waals surface area contributed by atoms with Crippen LogP contribution in [0.3, 0.4) is 0 Å². The lowest BCUT2D eigenvalue weighted by Gasteiger charge is -2.29. The van der Waals surface area contributed by atoms with Crippen molar-refractivity contribution in [2.24, 2.45) is 0 Å². The number of ether oxygens (including phenoxy) is 1. The molecule has 3 rings (SSSR count). The van der Waals surface area contributed by atoms with Gasteiger partial charge in [-0.25, -0.2) is 4.98 Å². The van der Waals surface area contributed by atoms with E-state index < -0.39 is 5.54 Å². The lowest BCUT2D eigenvalue weighted by Crippen LogP contribution is -2.43. The smallest absolute Gasteiger partial charge is 0.270 e. The van der Waals surface area contributed by atoms with Crippen molar-refractivity contribution in [1.29, 1.82) is 0 Å². The van der Waals surface area contributed by atoms with E-state index in [-0.39, 0.29) is 5.91 Å². The Morgan fingerprint density at radius 2 is 2.17 bits per heavy atom. The molecule has 0 unspecified atom stereocenters. The van der Waals surface area contributed by atoms with Gasteiger partial charge >= 0.3 is 0 Å². The largest absolute Gasteiger partial charge is 0.378 e. The molecule has 0 spiro atoms. The third-order valence-corrected chi connectivity index (χ3v) is 5.39. The molecule has 1 amide bonds. The van der Waals surface area contributed by atoms with Crippen molar-refractivity contribution in [3.63, 3.8) is 0 Å². The minimum absolute atomic E-state index is 0.176. The van der Waals surface area contributed by atoms with Gasteiger partial charge in [0.2, 0.25) is 0 Å². The maximum Gasteiger partial charge on any atom is 0.270 e. The number of nitrogens with one attached hydrogen (secondary N) is 1. The van der Waals surface area contributed by atoms with Crippen molar-refractivity contribution < 1.29 is 9.53 Å². The Morgan fingerprint density at radius 1 is 1.38 bits per heavy atom. The predicted molar refractivity (Wildman–Crippen MR) is 94.5 cm³/mol. The summed E-state index contributed by atoms with van der Waals surface area (Å²) in [6.45, 7) is 7.12. The molecule has 1 aliphatic heterocycles. The third kappa shape index (κ3) is 3.57. The van der Waals surface area contributed by atoms with Crippen LogP contribution < -0.4 is 10.2 Å². The van der Waals surface area contributed by atoms with E-state index in [0.717, 1.165) is 30.2 Å². The van der Waals surface area contributed by atoms with Crippen LogP contribution in [0.25, 0.3) is 0 Å². The maximum absolute atomic E-state index is 12.7. The Bertz CT molecular complexity index is 686. The second kappa shape index (κ2) is 7.27. The highest BCUT2D eigenvalue weighted by molar-refractivity contribution is 7.09. The summed E-state index contributed by atoms with van der Waals surface area (Å²) in [6, 6.07) is 3.78. The first-order valence-electron chi connectivity index (χ1n) is 8.13. The number of carbonyl (C=O) groups is 1. The highest BCUT2D eigenvalue weighted by Gasteiger charge is 2.30. The van der Waals surface area contributed by atoms with Crippen LogP contribution in [0.2, 0.25) is 0 Å². The molecular formula is C17H22N4O2S. The van der Waals surface area contributed by atoms with Crippen LogP contribution in [0.4, 0.5) is 5.69 Å². The standard InChI is InChI=1S/C17H22N4O2S/c1-3-17(2,16-19-6-11-24-16)20-15(22)14-12-13(4-5-18-14)21-7-9-23-10-8-21/h4-6,11-12H,3,7-10H2,1-2H3,(H,20,22)/t17-/m1/s1. The van der Waals surface area contributed by atoms with Crippen LogP contribution in [0.5, 0.6) is 0 Å². The molecule has 1 saturated heterocycles. The molecule has 0 aliphatic carbocycles. The van der Waals surface area contributed by atoms with Crippen LogP contribution in [0.15, 0.2) is 29.9 Å². The molecule has 6 nitrogen and oxygen atoms in total. The normalized spacial score (nSPS) is 17.3. The summed E-state index contributed by atoms with van der Waals surface area (Å²) in [5.41, 5.74) is 0.947. The molecule has 2 aromatic rings. The average molecular weight is 346 g/mol. The average Bonchev–Trinajstić information content (AvgIpc) is 3.18. The Balaban J connectivity index is 1.77. The summed E-state index contributed by atoms with van der Waals surface area (Å²) in [6.07, 6.45) is 4.21. The molecule has 24 heavy (non-hydrogen) atoms. The molecule has 0 radical (unpaired) electrons. The molecule has 0 saturated carbocycles. The van der Waals surface area contributed by atoms with Gasteiger partial charge < -0.3 is 15.0 Å². The fraction of sp³-hybridized carbons (Fsp3) is 0.471. The van der Waals surface area contributed by atoms with E-state index in [9.17, 15) is 4.79 Å². The van der Waals surface area contributed by atoms with Crippen molar-refractivity contribution in [3.8, 4) is 0 Å². The van der Waals surface area contributed by atoms with Crippen molar-refractivity contribution in [2.45, 2.75) is 25.8 Å². The zero-order valence-corrected chi connectivity index (χ0v) is 14.8. The van der Waals surface area contributed by atoms with Crippen LogP contribution in [0, 0.1) is 0 Å². The molecular weight excluding hydrogens is 324 g/mol. The van der Waals surface area contributed by atoms with Crippen LogP contribution in [0.1, 0.15) is 35.8 Å². The molecule has 7 heteroatoms. The Hall–Kier alpha value is -1.99. The predicted octanol–water partition coefficient (Wildman–Crippen LogP) is 2.43. The Morgan fingerprint density at radius 3 is 2.83 bits per heavy atom. The number of thiazole rings is 1. The second-order valence-corrected chi connectivity index (χ2v) is 6.87. The lowest BCUT2D eigenvalue weighted by molar-refractivity contribution is 0.0896. The first-order chi connectivity index (χ1) is 11.6. The van der Waals surface area contributed by atoms with Crippen LogP contribution in [-0.2, 0) is 10.3 Å². The van der Waals surface area contributed by atoms with E-state index in [2.05, 4.69) is 20.2 Å². The van der Waals surface area contributed by atoms with E-state index in [1.54, 1.807) is 23.7 Å². The summed E-state index contributed by atoms with van der Waals surface area (Å²) >= 11 is 1.55. The van der Waals surface area contributed by atoms with Gasteiger partial charge in [-0.1, -0.05) is 6.92 Å². The highest BCUT2D eigenvalue weighted by Crippen LogP contribution is 2.27. The molecule has 1 N–H and O–H groups in total. The first kappa shape index (κ1) is 16.9. The number of morpholine rings is 1. The SMILES string of the molecule is CC[C@@](C)(NC(=O)c1cc(N2CCOCC2)ccn1)c1nccs1. The summed E-state index contributed by atoms with van der Waals surface area (Å²) in [7, 11) is 0. The summed E-state index contributed by atoms with van der Waals surface area (Å²) < 4.78 is 5.38. The second-order valence-electron chi connectivity index (χ2n) is 5.98. The van der Waals surface area contributed by atoms with E-state index in [4.69, 9.17) is 4.74 Å². The minimum Gasteiger partial charge on any atom is -0.378 e. The van der Waals surface area contributed by atoms with Gasteiger partial charge in [0.05, 0.1) is 18.8 Å². The fourth-order valence-corrected chi connectivity index (χ4v) is 3.49. The topological polar surface area (TPSA) is 67.4 Å². The number of anilines is 1. The first-order valence-corrected chi connectivity index (χ1v) is 9.01. The van der Waals surface area contributed by atoms with Crippen molar-refractivity contribution in [2.75, 3.05) is 31.2 Å².